The molecule has 0 radical (unpaired) electrons. The summed E-state index contributed by atoms with van der Waals surface area (Å²) in [6.07, 6.45) is -0.704. The smallest absolute Gasteiger partial charge is 0.119 e. The van der Waals surface area contributed by atoms with Gasteiger partial charge in [-0.1, -0.05) is 42.5 Å². The second-order valence-corrected chi connectivity index (χ2v) is 7.11. The fraction of sp³-hybridized carbons (Fsp3) is 0.143. The lowest BCUT2D eigenvalue weighted by molar-refractivity contribution is 0.195. The zero-order chi connectivity index (χ0) is 12.5. The number of rotatable bonds is 2. The molecular formula is C14H12O2S2. The second-order valence-electron chi connectivity index (χ2n) is 4.09. The first-order chi connectivity index (χ1) is 8.77. The first kappa shape index (κ1) is 12.0. The van der Waals surface area contributed by atoms with Gasteiger partial charge >= 0.3 is 0 Å². The van der Waals surface area contributed by atoms with Crippen LogP contribution in [-0.2, 0) is 10.8 Å². The molecule has 2 aromatic rings. The van der Waals surface area contributed by atoms with Gasteiger partial charge in [-0.2, -0.15) is 0 Å². The van der Waals surface area contributed by atoms with E-state index in [0.29, 0.717) is 0 Å². The molecule has 1 aliphatic heterocycles. The van der Waals surface area contributed by atoms with Gasteiger partial charge in [-0.15, -0.1) is 11.8 Å². The number of benzene rings is 2. The Hall–Kier alpha value is -1.10. The maximum absolute atomic E-state index is 12.3. The molecule has 1 aliphatic rings. The normalized spacial score (nSPS) is 23.6. The molecule has 2 nitrogen and oxygen atoms in total. The Morgan fingerprint density at radius 2 is 1.72 bits per heavy atom. The first-order valence-electron chi connectivity index (χ1n) is 5.66. The summed E-state index contributed by atoms with van der Waals surface area (Å²) in [5.41, 5.74) is 0.816. The maximum atomic E-state index is 12.3. The van der Waals surface area contributed by atoms with Crippen LogP contribution in [0.4, 0.5) is 0 Å². The lowest BCUT2D eigenvalue weighted by atomic mass is 10.1. The van der Waals surface area contributed by atoms with Crippen molar-refractivity contribution < 1.29 is 9.32 Å². The maximum Gasteiger partial charge on any atom is 0.119 e. The summed E-state index contributed by atoms with van der Waals surface area (Å²) in [6, 6.07) is 17.0. The summed E-state index contributed by atoms with van der Waals surface area (Å²) < 4.78 is 12.0. The van der Waals surface area contributed by atoms with Crippen molar-refractivity contribution in [2.24, 2.45) is 0 Å². The van der Waals surface area contributed by atoms with E-state index in [-0.39, 0.29) is 4.58 Å². The fourth-order valence-electron chi connectivity index (χ4n) is 2.00. The van der Waals surface area contributed by atoms with Gasteiger partial charge < -0.3 is 5.11 Å². The quantitative estimate of drug-likeness (QED) is 0.916. The van der Waals surface area contributed by atoms with E-state index in [9.17, 15) is 9.32 Å². The van der Waals surface area contributed by atoms with Gasteiger partial charge in [0.15, 0.2) is 0 Å². The third-order valence-corrected chi connectivity index (χ3v) is 6.43. The van der Waals surface area contributed by atoms with E-state index in [1.54, 1.807) is 0 Å². The Bertz CT molecular complexity index is 583. The van der Waals surface area contributed by atoms with Crippen molar-refractivity contribution in [3.63, 3.8) is 0 Å². The molecule has 3 rings (SSSR count). The molecule has 0 aliphatic carbocycles. The van der Waals surface area contributed by atoms with E-state index < -0.39 is 16.9 Å². The Kier molecular flexibility index (Phi) is 3.24. The van der Waals surface area contributed by atoms with Gasteiger partial charge in [-0.25, -0.2) is 0 Å². The molecule has 3 atom stereocenters. The molecule has 92 valence electrons. The van der Waals surface area contributed by atoms with Gasteiger partial charge in [0.05, 0.1) is 15.7 Å². The number of thioether (sulfide) groups is 1. The minimum atomic E-state index is -1.15. The Labute approximate surface area is 113 Å². The lowest BCUT2D eigenvalue weighted by Crippen LogP contribution is -2.16. The van der Waals surface area contributed by atoms with E-state index in [2.05, 4.69) is 0 Å². The Morgan fingerprint density at radius 3 is 2.44 bits per heavy atom. The highest BCUT2D eigenvalue weighted by Crippen LogP contribution is 2.45. The largest absolute Gasteiger partial charge is 0.386 e. The molecule has 1 unspecified atom stereocenters. The summed E-state index contributed by atoms with van der Waals surface area (Å²) in [5.74, 6) is 0. The molecule has 1 heterocycles. The van der Waals surface area contributed by atoms with E-state index in [4.69, 9.17) is 0 Å². The lowest BCUT2D eigenvalue weighted by Gasteiger charge is -2.16. The van der Waals surface area contributed by atoms with Crippen molar-refractivity contribution >= 4 is 22.6 Å². The summed E-state index contributed by atoms with van der Waals surface area (Å²) in [7, 11) is -1.15. The number of hydrogen-bond acceptors (Lipinski definition) is 3. The van der Waals surface area contributed by atoms with Crippen LogP contribution < -0.4 is 0 Å². The molecule has 0 saturated carbocycles. The predicted octanol–water partition coefficient (Wildman–Crippen LogP) is 2.96. The van der Waals surface area contributed by atoms with Gasteiger partial charge in [0, 0.05) is 4.90 Å². The highest BCUT2D eigenvalue weighted by atomic mass is 32.2. The SMILES string of the molecule is O=S1c2ccccc2S[C@H]1[C@H](O)c1ccccc1. The molecule has 0 saturated heterocycles. The monoisotopic (exact) mass is 276 g/mol. The molecular weight excluding hydrogens is 264 g/mol. The van der Waals surface area contributed by atoms with Gasteiger partial charge in [-0.3, -0.25) is 4.21 Å². The molecule has 18 heavy (non-hydrogen) atoms. The van der Waals surface area contributed by atoms with Crippen LogP contribution in [0.1, 0.15) is 11.7 Å². The third kappa shape index (κ3) is 2.00. The molecule has 4 heteroatoms. The Morgan fingerprint density at radius 1 is 1.06 bits per heavy atom. The van der Waals surface area contributed by atoms with Crippen molar-refractivity contribution in [1.29, 1.82) is 0 Å². The number of aliphatic hydroxyl groups is 1. The summed E-state index contributed by atoms with van der Waals surface area (Å²) in [5, 5.41) is 10.3. The Balaban J connectivity index is 1.91. The number of aliphatic hydroxyl groups excluding tert-OH is 1. The summed E-state index contributed by atoms with van der Waals surface area (Å²) in [6.45, 7) is 0. The van der Waals surface area contributed by atoms with Crippen LogP contribution in [0.15, 0.2) is 64.4 Å². The van der Waals surface area contributed by atoms with E-state index in [1.807, 2.05) is 54.6 Å². The average molecular weight is 276 g/mol. The minimum Gasteiger partial charge on any atom is -0.386 e. The van der Waals surface area contributed by atoms with E-state index in [1.165, 1.54) is 11.8 Å². The standard InChI is InChI=1S/C14H12O2S2/c15-13(10-6-2-1-3-7-10)14-17-11-8-4-5-9-12(11)18(14)16/h1-9,13-15H/t13-,14-,18?/m1/s1. The van der Waals surface area contributed by atoms with Crippen molar-refractivity contribution in [2.75, 3.05) is 0 Å². The number of fused-ring (bicyclic) bond motifs is 1. The van der Waals surface area contributed by atoms with Crippen molar-refractivity contribution in [3.8, 4) is 0 Å². The fourth-order valence-corrected chi connectivity index (χ4v) is 5.36. The zero-order valence-electron chi connectivity index (χ0n) is 9.52. The van der Waals surface area contributed by atoms with E-state index >= 15 is 0 Å². The molecule has 1 N–H and O–H groups in total. The number of hydrogen-bond donors (Lipinski definition) is 1. The second kappa shape index (κ2) is 4.88. The summed E-state index contributed by atoms with van der Waals surface area (Å²) in [4.78, 5) is 1.85. The van der Waals surface area contributed by atoms with Gasteiger partial charge in [0.25, 0.3) is 0 Å². The van der Waals surface area contributed by atoms with E-state index in [0.717, 1.165) is 15.4 Å². The zero-order valence-corrected chi connectivity index (χ0v) is 11.2. The van der Waals surface area contributed by atoms with Gasteiger partial charge in [0.2, 0.25) is 0 Å². The molecule has 0 fully saturated rings. The molecule has 2 aromatic carbocycles. The first-order valence-corrected chi connectivity index (χ1v) is 7.76. The molecule has 0 bridgehead atoms. The topological polar surface area (TPSA) is 37.3 Å². The summed E-state index contributed by atoms with van der Waals surface area (Å²) >= 11 is 1.50. The van der Waals surface area contributed by atoms with Crippen LogP contribution in [0.2, 0.25) is 0 Å². The van der Waals surface area contributed by atoms with Gasteiger partial charge in [0.1, 0.15) is 10.7 Å². The predicted molar refractivity (Wildman–Crippen MR) is 73.9 cm³/mol. The minimum absolute atomic E-state index is 0.315. The van der Waals surface area contributed by atoms with Crippen molar-refractivity contribution in [2.45, 2.75) is 20.5 Å². The van der Waals surface area contributed by atoms with Crippen LogP contribution in [0.5, 0.6) is 0 Å². The molecule has 0 aromatic heterocycles. The highest BCUT2D eigenvalue weighted by Gasteiger charge is 2.35. The van der Waals surface area contributed by atoms with Crippen LogP contribution in [-0.4, -0.2) is 13.9 Å². The van der Waals surface area contributed by atoms with Crippen LogP contribution in [0.25, 0.3) is 0 Å². The molecule has 0 spiro atoms. The highest BCUT2D eigenvalue weighted by molar-refractivity contribution is 8.13. The van der Waals surface area contributed by atoms with Crippen LogP contribution in [0.3, 0.4) is 0 Å². The molecule has 0 amide bonds. The van der Waals surface area contributed by atoms with Crippen LogP contribution >= 0.6 is 11.8 Å². The van der Waals surface area contributed by atoms with Gasteiger partial charge in [-0.05, 0) is 17.7 Å². The average Bonchev–Trinajstić information content (AvgIpc) is 2.77. The van der Waals surface area contributed by atoms with Crippen molar-refractivity contribution in [1.82, 2.24) is 0 Å². The third-order valence-electron chi connectivity index (χ3n) is 2.92. The van der Waals surface area contributed by atoms with Crippen LogP contribution in [0, 0.1) is 0 Å². The van der Waals surface area contributed by atoms with Crippen molar-refractivity contribution in [3.05, 3.63) is 60.2 Å².